The number of fused-ring (bicyclic) bond motifs is 12. The number of nitrogens with one attached hydrogen (secondary N) is 8. The van der Waals surface area contributed by atoms with E-state index in [1.165, 1.54) is 90.5 Å². The van der Waals surface area contributed by atoms with Crippen LogP contribution >= 0.6 is 27.5 Å². The predicted octanol–water partition coefficient (Wildman–Crippen LogP) is 9.84. The Kier molecular flexibility index (Phi) is 18.7. The largest absolute Gasteiger partial charge is 0.344 e. The highest BCUT2D eigenvalue weighted by molar-refractivity contribution is 9.10. The van der Waals surface area contributed by atoms with Gasteiger partial charge >= 0.3 is 24.1 Å². The zero-order valence-electron chi connectivity index (χ0n) is 56.5. The van der Waals surface area contributed by atoms with Crippen molar-refractivity contribution in [2.24, 2.45) is 0 Å². The van der Waals surface area contributed by atoms with Crippen LogP contribution in [-0.2, 0) is 0 Å². The fourth-order valence-electron chi connectivity index (χ4n) is 11.5. The highest BCUT2D eigenvalue weighted by Gasteiger charge is 2.23. The average molecular weight is 1470 g/mol. The van der Waals surface area contributed by atoms with Gasteiger partial charge in [0.25, 0.3) is 22.2 Å². The lowest BCUT2D eigenvalue weighted by atomic mass is 10.0. The molecule has 12 heterocycles. The lowest BCUT2D eigenvalue weighted by molar-refractivity contribution is 0.237. The molecule has 0 aliphatic heterocycles. The molecule has 522 valence electrons. The van der Waals surface area contributed by atoms with Crippen LogP contribution in [0.3, 0.4) is 0 Å². The number of rotatable bonds is 8. The molecule has 0 saturated heterocycles. The number of hydrogen-bond donors (Lipinski definition) is 8. The molecule has 0 bridgehead atoms. The zero-order valence-corrected chi connectivity index (χ0v) is 58.8. The Hall–Kier alpha value is -12.9. The van der Waals surface area contributed by atoms with Crippen LogP contribution in [0.15, 0.2) is 170 Å². The normalized spacial score (nSPS) is 11.5. The number of aromatic amines is 4. The van der Waals surface area contributed by atoms with Crippen LogP contribution in [0, 0.1) is 0 Å². The number of halogens is 2. The van der Waals surface area contributed by atoms with Crippen molar-refractivity contribution in [3.8, 4) is 22.7 Å². The number of hydrogen-bond acceptors (Lipinski definition) is 16. The van der Waals surface area contributed by atoms with E-state index >= 15 is 0 Å². The SMILES string of the molecule is CC(C)NC(=O)n1ncc2c3[nH]n(-c4ccc(C(C)C)cc4)c(=O)c3cnc21.CCNC(=O)n1ncc2c3[nH]n(-c4ccc(C(C)C)cc4)c(=O)c3cnc21.CNC(=O)n1ncc2c3[nH]n(-c4ccc(Br)cc4)c(=O)c3cnc21.CNC(=O)n1ncc2c3[nH]n(-c4cccc(Cl)c4)c(=O)c3cnc21. The van der Waals surface area contributed by atoms with Gasteiger partial charge in [0.05, 0.1) is 113 Å². The minimum absolute atomic E-state index is 0.0230. The second kappa shape index (κ2) is 28.0. The molecule has 16 rings (SSSR count). The van der Waals surface area contributed by atoms with Gasteiger partial charge in [-0.25, -0.2) is 57.8 Å². The first kappa shape index (κ1) is 68.6. The van der Waals surface area contributed by atoms with Crippen LogP contribution in [0.2, 0.25) is 5.02 Å². The third-order valence-corrected chi connectivity index (χ3v) is 17.5. The monoisotopic (exact) mass is 1470 g/mol. The van der Waals surface area contributed by atoms with Crippen LogP contribution in [0.5, 0.6) is 0 Å². The topological polar surface area (TPSA) is 390 Å². The van der Waals surface area contributed by atoms with Gasteiger partial charge in [0.1, 0.15) is 0 Å². The molecule has 4 amide bonds. The van der Waals surface area contributed by atoms with E-state index in [-0.39, 0.29) is 40.3 Å². The minimum atomic E-state index is -0.409. The van der Waals surface area contributed by atoms with Gasteiger partial charge in [-0.3, -0.25) is 39.6 Å². The van der Waals surface area contributed by atoms with Crippen LogP contribution in [-0.4, -0.2) is 149 Å². The molecule has 4 aromatic carbocycles. The van der Waals surface area contributed by atoms with E-state index in [0.717, 1.165) is 25.2 Å². The summed E-state index contributed by atoms with van der Waals surface area (Å²) in [5, 5.41) is 43.9. The summed E-state index contributed by atoms with van der Waals surface area (Å²) >= 11 is 9.37. The fourth-order valence-corrected chi connectivity index (χ4v) is 11.9. The number of carbonyl (C=O) groups excluding carboxylic acids is 4. The molecule has 16 aromatic rings. The van der Waals surface area contributed by atoms with Crippen LogP contribution in [0.25, 0.3) is 110 Å². The van der Waals surface area contributed by atoms with Crippen molar-refractivity contribution in [2.45, 2.75) is 66.3 Å². The number of aromatic nitrogens is 20. The number of carbonyl (C=O) groups is 4. The first-order valence-electron chi connectivity index (χ1n) is 32.2. The first-order valence-corrected chi connectivity index (χ1v) is 33.4. The van der Waals surface area contributed by atoms with Crippen LogP contribution in [0.4, 0.5) is 19.2 Å². The van der Waals surface area contributed by atoms with Crippen molar-refractivity contribution in [1.82, 2.24) is 119 Å². The number of nitrogens with zero attached hydrogens (tertiary/aromatic N) is 16. The van der Waals surface area contributed by atoms with Gasteiger partial charge in [-0.1, -0.05) is 85.6 Å². The van der Waals surface area contributed by atoms with E-state index in [0.29, 0.717) is 123 Å². The van der Waals surface area contributed by atoms with Gasteiger partial charge in [-0.15, -0.1) is 0 Å². The molecule has 0 unspecified atom stereocenters. The number of H-pyrrole nitrogens is 4. The van der Waals surface area contributed by atoms with Crippen molar-refractivity contribution in [2.75, 3.05) is 20.6 Å². The quantitative estimate of drug-likeness (QED) is 0.0701. The summed E-state index contributed by atoms with van der Waals surface area (Å²) in [6, 6.07) is 28.4. The molecule has 8 N–H and O–H groups in total. The van der Waals surface area contributed by atoms with E-state index < -0.39 is 12.1 Å². The third kappa shape index (κ3) is 12.8. The zero-order chi connectivity index (χ0) is 72.8. The third-order valence-electron chi connectivity index (χ3n) is 16.7. The molecule has 34 heteroatoms. The summed E-state index contributed by atoms with van der Waals surface area (Å²) in [4.78, 5) is 116. The fraction of sp³-hybridized carbons (Fsp3) is 0.188. The van der Waals surface area contributed by atoms with Gasteiger partial charge in [0.2, 0.25) is 0 Å². The Bertz CT molecular complexity index is 6240. The maximum Gasteiger partial charge on any atom is 0.344 e. The van der Waals surface area contributed by atoms with E-state index in [4.69, 9.17) is 11.6 Å². The van der Waals surface area contributed by atoms with Gasteiger partial charge in [-0.2, -0.15) is 39.1 Å². The Morgan fingerprint density at radius 2 is 0.748 bits per heavy atom. The van der Waals surface area contributed by atoms with Crippen molar-refractivity contribution in [3.05, 3.63) is 209 Å². The Balaban J connectivity index is 0.000000123. The molecular formula is C69H64BrClN24O8. The summed E-state index contributed by atoms with van der Waals surface area (Å²) in [6.45, 7) is 14.6. The molecule has 0 fully saturated rings. The van der Waals surface area contributed by atoms with Crippen LogP contribution < -0.4 is 43.5 Å². The van der Waals surface area contributed by atoms with Gasteiger partial charge in [0.15, 0.2) is 22.6 Å². The molecule has 0 atom stereocenters. The Morgan fingerprint density at radius 1 is 0.427 bits per heavy atom. The first-order chi connectivity index (χ1) is 49.6. The van der Waals surface area contributed by atoms with Crippen molar-refractivity contribution in [1.29, 1.82) is 0 Å². The van der Waals surface area contributed by atoms with E-state index in [1.807, 2.05) is 93.6 Å². The standard InChI is InChI=1S/C20H22N6O2.C19H20N6O2.C15H11BrN6O2.C15H11ClN6O2/c1-11(2)13-5-7-14(8-6-13)25-19(27)16-9-21-18-15(17(16)24-25)10-22-26(18)20(28)23-12(3)4;1-4-20-19(27)25-17-14(10-22-25)16-15(9-21-17)18(26)24(23-16)13-7-5-12(6-8-13)11(2)3;1-17-15(24)22-13-10(7-19-22)12-11(6-18-13)14(23)21(20-12)9-4-2-8(16)3-5-9;1-17-15(24)22-13-10(7-19-22)12-11(6-18-13)14(23)21(20-12)9-4-2-3-8(16)5-9/h5-12,24H,1-4H3,(H,23,28);5-11,23H,4H2,1-3H3,(H,20,27);2*2-7,20H,1H3,(H,17,24). The Labute approximate surface area is 593 Å². The summed E-state index contributed by atoms with van der Waals surface area (Å²) < 4.78 is 11.4. The Morgan fingerprint density at radius 3 is 1.06 bits per heavy atom. The number of amides is 4. The van der Waals surface area contributed by atoms with E-state index in [2.05, 4.69) is 126 Å². The smallest absolute Gasteiger partial charge is 0.339 e. The summed E-state index contributed by atoms with van der Waals surface area (Å²) in [6.07, 6.45) is 11.9. The minimum Gasteiger partial charge on any atom is -0.339 e. The molecule has 0 spiro atoms. The van der Waals surface area contributed by atoms with E-state index in [1.54, 1.807) is 36.7 Å². The molecule has 0 radical (unpaired) electrons. The second-order valence-corrected chi connectivity index (χ2v) is 25.7. The summed E-state index contributed by atoms with van der Waals surface area (Å²) in [7, 11) is 3.02. The number of benzene rings is 4. The van der Waals surface area contributed by atoms with Crippen molar-refractivity contribution in [3.63, 3.8) is 0 Å². The van der Waals surface area contributed by atoms with E-state index in [9.17, 15) is 38.4 Å². The van der Waals surface area contributed by atoms with Crippen molar-refractivity contribution < 1.29 is 19.2 Å². The maximum absolute atomic E-state index is 12.9. The summed E-state index contributed by atoms with van der Waals surface area (Å²) in [5.74, 6) is 0.836. The number of pyridine rings is 4. The average Bonchev–Trinajstić information content (AvgIpc) is 1.62. The highest BCUT2D eigenvalue weighted by Crippen LogP contribution is 2.27. The lowest BCUT2D eigenvalue weighted by Crippen LogP contribution is -2.34. The molecule has 12 aromatic heterocycles. The lowest BCUT2D eigenvalue weighted by Gasteiger charge is -2.07. The molecule has 0 aliphatic carbocycles. The second-order valence-electron chi connectivity index (χ2n) is 24.4. The van der Waals surface area contributed by atoms with Gasteiger partial charge in [-0.05, 0) is 110 Å². The molecule has 32 nitrogen and oxygen atoms in total. The van der Waals surface area contributed by atoms with Gasteiger partial charge < -0.3 is 21.3 Å². The maximum atomic E-state index is 12.9. The molecule has 0 aliphatic rings. The highest BCUT2D eigenvalue weighted by atomic mass is 79.9. The van der Waals surface area contributed by atoms with Crippen LogP contribution in [0.1, 0.15) is 71.4 Å². The predicted molar refractivity (Wildman–Crippen MR) is 394 cm³/mol. The molecule has 103 heavy (non-hydrogen) atoms. The molecule has 0 saturated carbocycles. The van der Waals surface area contributed by atoms with Crippen molar-refractivity contribution >= 4 is 139 Å². The summed E-state index contributed by atoms with van der Waals surface area (Å²) in [5.41, 5.74) is 8.23. The van der Waals surface area contributed by atoms with Gasteiger partial charge in [0, 0.05) is 61.0 Å². The molecular weight excluding hydrogens is 1410 g/mol.